The van der Waals surface area contributed by atoms with Gasteiger partial charge in [0.25, 0.3) is 11.4 Å². The molecular weight excluding hydrogens is 168 g/mol. The van der Waals surface area contributed by atoms with Gasteiger partial charge < -0.3 is 9.94 Å². The molecule has 0 fully saturated rings. The number of rotatable bonds is 1. The number of hydrogen-bond acceptors (Lipinski definition) is 3. The Bertz CT molecular complexity index is 443. The topological polar surface area (TPSA) is 49.1 Å². The largest absolute Gasteiger partial charge is 0.594 e. The van der Waals surface area contributed by atoms with E-state index in [1.807, 2.05) is 12.1 Å². The van der Waals surface area contributed by atoms with Gasteiger partial charge >= 0.3 is 0 Å². The molecule has 0 atom stereocenters. The predicted molar refractivity (Wildman–Crippen MR) is 47.3 cm³/mol. The first-order valence-corrected chi connectivity index (χ1v) is 3.85. The maximum atomic E-state index is 11.3. The Morgan fingerprint density at radius 1 is 1.38 bits per heavy atom. The summed E-state index contributed by atoms with van der Waals surface area (Å²) in [6, 6.07) is 8.94. The number of ether oxygens (including phenoxy) is 1. The van der Waals surface area contributed by atoms with Gasteiger partial charge in [0.2, 0.25) is 0 Å². The first-order chi connectivity index (χ1) is 6.31. The summed E-state index contributed by atoms with van der Waals surface area (Å²) in [5.41, 5.74) is 0.545. The van der Waals surface area contributed by atoms with Gasteiger partial charge in [-0.25, -0.2) is 0 Å². The van der Waals surface area contributed by atoms with Crippen molar-refractivity contribution in [1.29, 1.82) is 0 Å². The van der Waals surface area contributed by atoms with Gasteiger partial charge in [-0.1, -0.05) is 12.1 Å². The smallest absolute Gasteiger partial charge is 0.280 e. The van der Waals surface area contributed by atoms with Crippen LogP contribution in [-0.2, 0) is 0 Å². The van der Waals surface area contributed by atoms with Crippen LogP contribution in [0.4, 0.5) is 0 Å². The van der Waals surface area contributed by atoms with Crippen LogP contribution in [0.5, 0.6) is 5.88 Å². The van der Waals surface area contributed by atoms with Crippen molar-refractivity contribution in [2.45, 2.75) is 0 Å². The van der Waals surface area contributed by atoms with Crippen LogP contribution in [0.3, 0.4) is 0 Å². The highest BCUT2D eigenvalue weighted by atomic mass is 16.5. The molecule has 1 heterocycles. The molecule has 13 heavy (non-hydrogen) atoms. The van der Waals surface area contributed by atoms with Gasteiger partial charge in [-0.15, -0.1) is 0 Å². The number of hydrogen-bond donors (Lipinski definition) is 0. The van der Waals surface area contributed by atoms with Crippen LogP contribution >= 0.6 is 0 Å². The summed E-state index contributed by atoms with van der Waals surface area (Å²) < 4.78 is 4.87. The van der Waals surface area contributed by atoms with E-state index in [1.165, 1.54) is 7.11 Å². The van der Waals surface area contributed by atoms with Crippen LogP contribution in [0.2, 0.25) is 0 Å². The number of para-hydroxylation sites is 1. The van der Waals surface area contributed by atoms with Crippen molar-refractivity contribution in [2.75, 3.05) is 7.11 Å². The SMILES string of the molecule is COc1cc2ccccc2[n+]([O-])n1. The Kier molecular flexibility index (Phi) is 1.73. The molecule has 0 amide bonds. The summed E-state index contributed by atoms with van der Waals surface area (Å²) in [4.78, 5) is 0.564. The molecule has 0 N–H and O–H groups in total. The highest BCUT2D eigenvalue weighted by molar-refractivity contribution is 5.75. The van der Waals surface area contributed by atoms with Gasteiger partial charge in [0.15, 0.2) is 0 Å². The molecule has 0 bridgehead atoms. The lowest BCUT2D eigenvalue weighted by Crippen LogP contribution is -2.31. The van der Waals surface area contributed by atoms with Crippen molar-refractivity contribution < 1.29 is 9.58 Å². The lowest BCUT2D eigenvalue weighted by atomic mass is 10.2. The molecule has 0 unspecified atom stereocenters. The van der Waals surface area contributed by atoms with Crippen molar-refractivity contribution in [3.05, 3.63) is 35.5 Å². The zero-order valence-electron chi connectivity index (χ0n) is 7.10. The van der Waals surface area contributed by atoms with Crippen LogP contribution in [0.1, 0.15) is 0 Å². The average molecular weight is 176 g/mol. The van der Waals surface area contributed by atoms with E-state index in [-0.39, 0.29) is 0 Å². The molecule has 0 spiro atoms. The molecule has 0 radical (unpaired) electrons. The molecule has 0 aliphatic rings. The third-order valence-corrected chi connectivity index (χ3v) is 1.82. The molecule has 1 aromatic carbocycles. The molecule has 4 nitrogen and oxygen atoms in total. The molecular formula is C9H8N2O2. The molecule has 1 aromatic heterocycles. The lowest BCUT2D eigenvalue weighted by molar-refractivity contribution is -0.643. The zero-order valence-corrected chi connectivity index (χ0v) is 7.10. The minimum Gasteiger partial charge on any atom is -0.594 e. The number of methoxy groups -OCH3 is 1. The van der Waals surface area contributed by atoms with Crippen LogP contribution in [0.15, 0.2) is 30.3 Å². The standard InChI is InChI=1S/C9H8N2O2/c1-13-9-6-7-4-2-3-5-8(7)11(12)10-9/h2-6H,1H3. The van der Waals surface area contributed by atoms with E-state index in [0.717, 1.165) is 5.39 Å². The number of nitrogens with zero attached hydrogens (tertiary/aromatic N) is 2. The van der Waals surface area contributed by atoms with Crippen LogP contribution in [-0.4, -0.2) is 12.2 Å². The minimum absolute atomic E-state index is 0.328. The average Bonchev–Trinajstić information content (AvgIpc) is 2.18. The monoisotopic (exact) mass is 176 g/mol. The molecule has 2 aromatic rings. The fourth-order valence-corrected chi connectivity index (χ4v) is 1.19. The molecule has 0 aliphatic heterocycles. The van der Waals surface area contributed by atoms with E-state index in [1.54, 1.807) is 18.2 Å². The molecule has 66 valence electrons. The summed E-state index contributed by atoms with van der Waals surface area (Å²) in [6.07, 6.45) is 0. The number of fused-ring (bicyclic) bond motifs is 1. The summed E-state index contributed by atoms with van der Waals surface area (Å²) in [5.74, 6) is 0.328. The Morgan fingerprint density at radius 2 is 2.15 bits per heavy atom. The lowest BCUT2D eigenvalue weighted by Gasteiger charge is -2.00. The summed E-state index contributed by atoms with van der Waals surface area (Å²) in [6.45, 7) is 0. The van der Waals surface area contributed by atoms with E-state index >= 15 is 0 Å². The minimum atomic E-state index is 0.328. The van der Waals surface area contributed by atoms with Crippen molar-refractivity contribution in [2.24, 2.45) is 0 Å². The summed E-state index contributed by atoms with van der Waals surface area (Å²) >= 11 is 0. The summed E-state index contributed by atoms with van der Waals surface area (Å²) in [5, 5.41) is 15.8. The van der Waals surface area contributed by atoms with Crippen molar-refractivity contribution in [3.63, 3.8) is 0 Å². The second kappa shape index (κ2) is 2.90. The maximum absolute atomic E-state index is 11.3. The van der Waals surface area contributed by atoms with Gasteiger partial charge in [0, 0.05) is 12.1 Å². The summed E-state index contributed by atoms with van der Waals surface area (Å²) in [7, 11) is 1.48. The first-order valence-electron chi connectivity index (χ1n) is 3.85. The molecule has 4 heteroatoms. The maximum Gasteiger partial charge on any atom is 0.280 e. The van der Waals surface area contributed by atoms with Crippen LogP contribution in [0.25, 0.3) is 10.9 Å². The zero-order chi connectivity index (χ0) is 9.26. The van der Waals surface area contributed by atoms with E-state index in [9.17, 15) is 5.21 Å². The number of benzene rings is 1. The fraction of sp³-hybridized carbons (Fsp3) is 0.111. The Hall–Kier alpha value is -1.84. The Labute approximate surface area is 75.0 Å². The second-order valence-corrected chi connectivity index (χ2v) is 2.62. The Morgan fingerprint density at radius 3 is 2.92 bits per heavy atom. The van der Waals surface area contributed by atoms with Crippen LogP contribution in [0, 0.1) is 5.21 Å². The van der Waals surface area contributed by atoms with Gasteiger partial charge in [-0.2, -0.15) is 0 Å². The molecule has 0 aliphatic carbocycles. The molecule has 0 saturated carbocycles. The third kappa shape index (κ3) is 1.26. The van der Waals surface area contributed by atoms with Gasteiger partial charge in [-0.3, -0.25) is 0 Å². The molecule has 2 rings (SSSR count). The van der Waals surface area contributed by atoms with Crippen molar-refractivity contribution in [3.8, 4) is 5.88 Å². The number of aromatic nitrogens is 2. The van der Waals surface area contributed by atoms with Crippen LogP contribution < -0.4 is 9.58 Å². The van der Waals surface area contributed by atoms with Gasteiger partial charge in [0.05, 0.1) is 17.6 Å². The molecule has 0 saturated heterocycles. The Balaban J connectivity index is 2.77. The quantitative estimate of drug-likeness (QED) is 0.478. The highest BCUT2D eigenvalue weighted by Gasteiger charge is 2.06. The van der Waals surface area contributed by atoms with E-state index in [0.29, 0.717) is 16.2 Å². The fourth-order valence-electron chi connectivity index (χ4n) is 1.19. The van der Waals surface area contributed by atoms with Crippen molar-refractivity contribution in [1.82, 2.24) is 5.10 Å². The van der Waals surface area contributed by atoms with E-state index in [4.69, 9.17) is 4.74 Å². The van der Waals surface area contributed by atoms with E-state index in [2.05, 4.69) is 5.10 Å². The predicted octanol–water partition coefficient (Wildman–Crippen LogP) is 0.877. The highest BCUT2D eigenvalue weighted by Crippen LogP contribution is 2.12. The first kappa shape index (κ1) is 7.79. The van der Waals surface area contributed by atoms with Crippen molar-refractivity contribution >= 4 is 10.9 Å². The normalized spacial score (nSPS) is 10.2. The van der Waals surface area contributed by atoms with Gasteiger partial charge in [-0.05, 0) is 10.9 Å². The van der Waals surface area contributed by atoms with Gasteiger partial charge in [0.1, 0.15) is 0 Å². The second-order valence-electron chi connectivity index (χ2n) is 2.62. The third-order valence-electron chi connectivity index (χ3n) is 1.82. The van der Waals surface area contributed by atoms with E-state index < -0.39 is 0 Å².